The second-order valence-corrected chi connectivity index (χ2v) is 9.35. The van der Waals surface area contributed by atoms with E-state index in [0.717, 1.165) is 17.7 Å². The summed E-state index contributed by atoms with van der Waals surface area (Å²) < 4.78 is 66.8. The summed E-state index contributed by atoms with van der Waals surface area (Å²) in [4.78, 5) is 18.6. The molecule has 1 amide bonds. The van der Waals surface area contributed by atoms with Gasteiger partial charge in [0, 0.05) is 32.3 Å². The zero-order chi connectivity index (χ0) is 27.7. The number of aliphatic imine (C=N–C) groups is 1. The summed E-state index contributed by atoms with van der Waals surface area (Å²) in [5.41, 5.74) is 0.827. The maximum Gasteiger partial charge on any atom is 0.278 e. The van der Waals surface area contributed by atoms with Crippen LogP contribution in [0.15, 0.2) is 53.7 Å². The van der Waals surface area contributed by atoms with Crippen LogP contribution in [0.4, 0.5) is 13.2 Å². The van der Waals surface area contributed by atoms with Crippen molar-refractivity contribution in [3.05, 3.63) is 71.7 Å². The molecule has 0 spiro atoms. The first-order valence-corrected chi connectivity index (χ1v) is 12.1. The highest BCUT2D eigenvalue weighted by atomic mass is 19.2. The Kier molecular flexibility index (Phi) is 7.75. The van der Waals surface area contributed by atoms with Gasteiger partial charge in [-0.25, -0.2) is 22.8 Å². The van der Waals surface area contributed by atoms with Gasteiger partial charge < -0.3 is 23.8 Å². The largest absolute Gasteiger partial charge is 0.376 e. The van der Waals surface area contributed by atoms with Gasteiger partial charge in [0.15, 0.2) is 29.8 Å². The molecule has 1 unspecified atom stereocenters. The first kappa shape index (κ1) is 26.9. The smallest absolute Gasteiger partial charge is 0.278 e. The van der Waals surface area contributed by atoms with Crippen molar-refractivity contribution < 1.29 is 36.9 Å². The molecule has 39 heavy (non-hydrogen) atoms. The van der Waals surface area contributed by atoms with Gasteiger partial charge in [0.2, 0.25) is 0 Å². The molecule has 0 aliphatic carbocycles. The van der Waals surface area contributed by atoms with E-state index >= 15 is 0 Å². The Morgan fingerprint density at radius 1 is 1.15 bits per heavy atom. The number of aromatic nitrogens is 3. The summed E-state index contributed by atoms with van der Waals surface area (Å²) in [5, 5.41) is 8.21. The van der Waals surface area contributed by atoms with Crippen LogP contribution in [0.5, 0.6) is 0 Å². The number of ether oxygens (including phenoxy) is 4. The average Bonchev–Trinajstić information content (AvgIpc) is 3.43. The summed E-state index contributed by atoms with van der Waals surface area (Å²) >= 11 is 0. The number of benzene rings is 2. The number of rotatable bonds is 6. The Hall–Kier alpha value is -3.65. The van der Waals surface area contributed by atoms with Crippen LogP contribution >= 0.6 is 0 Å². The molecule has 0 bridgehead atoms. The lowest BCUT2D eigenvalue weighted by Gasteiger charge is -2.48. The SMILES string of the molecule is CO[C@@H]1[C@@H](n2cc(-c3cc(F)c(F)c(F)c3)nn2)[C@H]2OC(c3ccccc3)OC[C@H]2O[C@H]1C(=O)N=CN(C)C. The van der Waals surface area contributed by atoms with Crippen LogP contribution in [0, 0.1) is 17.5 Å². The topological polar surface area (TPSA) is 100 Å². The highest BCUT2D eigenvalue weighted by molar-refractivity contribution is 5.88. The lowest BCUT2D eigenvalue weighted by atomic mass is 9.91. The van der Waals surface area contributed by atoms with Gasteiger partial charge in [-0.3, -0.25) is 4.79 Å². The van der Waals surface area contributed by atoms with Crippen LogP contribution in [-0.2, 0) is 23.7 Å². The van der Waals surface area contributed by atoms with E-state index in [1.807, 2.05) is 30.3 Å². The molecule has 13 heteroatoms. The predicted molar refractivity (Wildman–Crippen MR) is 131 cm³/mol. The molecule has 0 saturated carbocycles. The molecule has 3 heterocycles. The number of halogens is 3. The minimum absolute atomic E-state index is 0.0199. The molecule has 0 N–H and O–H groups in total. The van der Waals surface area contributed by atoms with Crippen molar-refractivity contribution in [1.82, 2.24) is 19.9 Å². The first-order chi connectivity index (χ1) is 18.8. The van der Waals surface area contributed by atoms with Crippen molar-refractivity contribution in [2.24, 2.45) is 4.99 Å². The molecular weight excluding hydrogens is 519 g/mol. The summed E-state index contributed by atoms with van der Waals surface area (Å²) in [5.74, 6) is -4.89. The molecule has 10 nitrogen and oxygen atoms in total. The van der Waals surface area contributed by atoms with Gasteiger partial charge in [-0.05, 0) is 12.1 Å². The van der Waals surface area contributed by atoms with E-state index < -0.39 is 60.1 Å². The van der Waals surface area contributed by atoms with E-state index in [4.69, 9.17) is 18.9 Å². The number of methoxy groups -OCH3 is 1. The van der Waals surface area contributed by atoms with Crippen molar-refractivity contribution in [3.63, 3.8) is 0 Å². The van der Waals surface area contributed by atoms with Crippen molar-refractivity contribution in [3.8, 4) is 11.3 Å². The summed E-state index contributed by atoms with van der Waals surface area (Å²) in [6.45, 7) is 0.0915. The highest BCUT2D eigenvalue weighted by Crippen LogP contribution is 2.40. The molecule has 2 fully saturated rings. The summed E-state index contributed by atoms with van der Waals surface area (Å²) in [7, 11) is 4.85. The fraction of sp³-hybridized carbons (Fsp3) is 0.385. The van der Waals surface area contributed by atoms with Gasteiger partial charge >= 0.3 is 0 Å². The molecule has 206 valence electrons. The highest BCUT2D eigenvalue weighted by Gasteiger charge is 2.53. The van der Waals surface area contributed by atoms with E-state index in [9.17, 15) is 18.0 Å². The molecular formula is C26H26F3N5O5. The van der Waals surface area contributed by atoms with E-state index in [0.29, 0.717) is 0 Å². The van der Waals surface area contributed by atoms with Gasteiger partial charge in [0.1, 0.15) is 30.0 Å². The third-order valence-corrected chi connectivity index (χ3v) is 6.45. The quantitative estimate of drug-likeness (QED) is 0.265. The summed E-state index contributed by atoms with van der Waals surface area (Å²) in [6.07, 6.45) is -1.49. The van der Waals surface area contributed by atoms with Crippen molar-refractivity contribution >= 4 is 12.2 Å². The van der Waals surface area contributed by atoms with E-state index in [1.54, 1.807) is 19.0 Å². The van der Waals surface area contributed by atoms with Gasteiger partial charge in [-0.2, -0.15) is 0 Å². The zero-order valence-corrected chi connectivity index (χ0v) is 21.3. The van der Waals surface area contributed by atoms with Crippen LogP contribution in [0.3, 0.4) is 0 Å². The van der Waals surface area contributed by atoms with E-state index in [1.165, 1.54) is 24.3 Å². The molecule has 2 aliphatic heterocycles. The zero-order valence-electron chi connectivity index (χ0n) is 21.3. The molecule has 1 aromatic heterocycles. The standard InChI is InChI=1S/C26H26F3N5O5/c1-33(2)13-30-25(35)24-23(36-3)21(22-19(38-24)12-37-26(39-22)14-7-5-4-6-8-14)34-11-18(31-32-34)15-9-16(27)20(29)17(28)10-15/h4-11,13,19,21-24,26H,12H2,1-3H3/t19-,21+,22+,23-,24-,26?/m1/s1. The van der Waals surface area contributed by atoms with E-state index in [2.05, 4.69) is 15.3 Å². The first-order valence-electron chi connectivity index (χ1n) is 12.1. The fourth-order valence-corrected chi connectivity index (χ4v) is 4.65. The van der Waals surface area contributed by atoms with Crippen LogP contribution in [0.2, 0.25) is 0 Å². The Morgan fingerprint density at radius 2 is 1.87 bits per heavy atom. The van der Waals surface area contributed by atoms with Crippen LogP contribution < -0.4 is 0 Å². The Bertz CT molecular complexity index is 1330. The molecule has 0 radical (unpaired) electrons. The van der Waals surface area contributed by atoms with Crippen molar-refractivity contribution in [2.45, 2.75) is 36.7 Å². The predicted octanol–water partition coefficient (Wildman–Crippen LogP) is 2.92. The number of amides is 1. The molecule has 5 rings (SSSR count). The van der Waals surface area contributed by atoms with Crippen molar-refractivity contribution in [2.75, 3.05) is 27.8 Å². The van der Waals surface area contributed by atoms with Gasteiger partial charge in [0.05, 0.1) is 19.1 Å². The third kappa shape index (κ3) is 5.43. The maximum atomic E-state index is 13.9. The lowest BCUT2D eigenvalue weighted by Crippen LogP contribution is -2.61. The summed E-state index contributed by atoms with van der Waals surface area (Å²) in [6, 6.07) is 10.1. The lowest BCUT2D eigenvalue weighted by molar-refractivity contribution is -0.314. The Balaban J connectivity index is 1.53. The number of carbonyl (C=O) groups excluding carboxylic acids is 1. The molecule has 2 aliphatic rings. The van der Waals surface area contributed by atoms with Crippen LogP contribution in [0.1, 0.15) is 17.9 Å². The maximum absolute atomic E-state index is 13.9. The molecule has 6 atom stereocenters. The number of fused-ring (bicyclic) bond motifs is 1. The second-order valence-electron chi connectivity index (χ2n) is 9.35. The molecule has 2 saturated heterocycles. The Morgan fingerprint density at radius 3 is 2.54 bits per heavy atom. The van der Waals surface area contributed by atoms with E-state index in [-0.39, 0.29) is 17.9 Å². The number of carbonyl (C=O) groups is 1. The minimum Gasteiger partial charge on any atom is -0.376 e. The van der Waals surface area contributed by atoms with Gasteiger partial charge in [0.25, 0.3) is 5.91 Å². The number of hydrogen-bond acceptors (Lipinski definition) is 7. The normalized spacial score (nSPS) is 26.9. The fourth-order valence-electron chi connectivity index (χ4n) is 4.65. The molecule has 3 aromatic rings. The number of nitrogens with zero attached hydrogens (tertiary/aromatic N) is 5. The monoisotopic (exact) mass is 545 g/mol. The van der Waals surface area contributed by atoms with Crippen LogP contribution in [-0.4, -0.2) is 84.4 Å². The average molecular weight is 546 g/mol. The third-order valence-electron chi connectivity index (χ3n) is 6.45. The molecule has 2 aromatic carbocycles. The Labute approximate surface area is 221 Å². The minimum atomic E-state index is -1.58. The number of hydrogen-bond donors (Lipinski definition) is 0. The van der Waals surface area contributed by atoms with Crippen molar-refractivity contribution in [1.29, 1.82) is 0 Å². The van der Waals surface area contributed by atoms with Gasteiger partial charge in [-0.15, -0.1) is 5.10 Å². The second kappa shape index (κ2) is 11.2. The van der Waals surface area contributed by atoms with Crippen LogP contribution in [0.25, 0.3) is 11.3 Å². The van der Waals surface area contributed by atoms with Gasteiger partial charge in [-0.1, -0.05) is 35.5 Å².